The second kappa shape index (κ2) is 4.30. The molecule has 0 saturated carbocycles. The van der Waals surface area contributed by atoms with E-state index in [1.165, 1.54) is 6.20 Å². The first kappa shape index (κ1) is 11.8. The lowest BCUT2D eigenvalue weighted by Gasteiger charge is -2.00. The minimum atomic E-state index is -3.73. The first-order chi connectivity index (χ1) is 8.01. The van der Waals surface area contributed by atoms with Crippen LogP contribution in [-0.2, 0) is 16.6 Å². The van der Waals surface area contributed by atoms with Crippen molar-refractivity contribution in [3.63, 3.8) is 0 Å². The zero-order chi connectivity index (χ0) is 12.5. The van der Waals surface area contributed by atoms with Gasteiger partial charge in [-0.3, -0.25) is 9.40 Å². The number of aromatic nitrogens is 4. The Hall–Kier alpha value is -1.68. The van der Waals surface area contributed by atoms with Crippen molar-refractivity contribution >= 4 is 32.2 Å². The molecular weight excluding hydrogens is 264 g/mol. The number of hydrogen-bond donors (Lipinski definition) is 2. The summed E-state index contributed by atoms with van der Waals surface area (Å²) in [5.74, 6) is 0. The number of anilines is 2. The summed E-state index contributed by atoms with van der Waals surface area (Å²) in [5, 5.41) is 11.0. The van der Waals surface area contributed by atoms with Gasteiger partial charge in [0, 0.05) is 12.7 Å². The highest BCUT2D eigenvalue weighted by atomic mass is 32.2. The van der Waals surface area contributed by atoms with Crippen LogP contribution in [0.3, 0.4) is 0 Å². The number of sulfonamides is 1. The number of hydrogen-bond acceptors (Lipinski definition) is 7. The van der Waals surface area contributed by atoms with Crippen LogP contribution in [0.2, 0.25) is 0 Å². The molecule has 0 saturated heterocycles. The van der Waals surface area contributed by atoms with Gasteiger partial charge in [-0.25, -0.2) is 0 Å². The van der Waals surface area contributed by atoms with Crippen LogP contribution in [0.1, 0.15) is 6.92 Å². The smallest absolute Gasteiger partial charge is 0.291 e. The Morgan fingerprint density at radius 3 is 2.82 bits per heavy atom. The third-order valence-corrected chi connectivity index (χ3v) is 4.36. The van der Waals surface area contributed by atoms with E-state index in [4.69, 9.17) is 5.73 Å². The topological polar surface area (TPSA) is 116 Å². The lowest BCUT2D eigenvalue weighted by atomic mass is 10.6. The number of nitrogens with one attached hydrogen (secondary N) is 1. The number of aryl methyl sites for hydroxylation is 1. The highest BCUT2D eigenvalue weighted by molar-refractivity contribution is 7.94. The molecule has 3 N–H and O–H groups in total. The first-order valence-electron chi connectivity index (χ1n) is 4.65. The van der Waals surface area contributed by atoms with Gasteiger partial charge >= 0.3 is 0 Å². The van der Waals surface area contributed by atoms with Crippen LogP contribution in [0.5, 0.6) is 0 Å². The summed E-state index contributed by atoms with van der Waals surface area (Å²) in [7, 11) is -3.73. The van der Waals surface area contributed by atoms with Gasteiger partial charge < -0.3 is 5.73 Å². The van der Waals surface area contributed by atoms with Crippen molar-refractivity contribution in [3.8, 4) is 0 Å². The summed E-state index contributed by atoms with van der Waals surface area (Å²) < 4.78 is 27.4. The molecule has 2 aromatic rings. The van der Waals surface area contributed by atoms with Crippen LogP contribution < -0.4 is 10.5 Å². The van der Waals surface area contributed by atoms with Gasteiger partial charge in [-0.05, 0) is 6.92 Å². The molecule has 0 aromatic carbocycles. The minimum Gasteiger partial charge on any atom is -0.374 e. The van der Waals surface area contributed by atoms with Crippen molar-refractivity contribution in [2.75, 3.05) is 10.5 Å². The molecule has 0 aliphatic rings. The van der Waals surface area contributed by atoms with E-state index in [1.807, 2.05) is 6.92 Å². The molecule has 0 amide bonds. The van der Waals surface area contributed by atoms with Crippen LogP contribution in [0.4, 0.5) is 10.8 Å². The molecule has 0 radical (unpaired) electrons. The Morgan fingerprint density at radius 2 is 2.29 bits per heavy atom. The van der Waals surface area contributed by atoms with Gasteiger partial charge in [0.05, 0.1) is 11.9 Å². The van der Waals surface area contributed by atoms with Gasteiger partial charge in [0.15, 0.2) is 0 Å². The summed E-state index contributed by atoms with van der Waals surface area (Å²) in [4.78, 5) is 0. The van der Waals surface area contributed by atoms with E-state index in [2.05, 4.69) is 20.0 Å². The van der Waals surface area contributed by atoms with Crippen LogP contribution in [0, 0.1) is 0 Å². The normalized spacial score (nSPS) is 11.6. The lowest BCUT2D eigenvalue weighted by Crippen LogP contribution is -2.12. The van der Waals surface area contributed by atoms with Gasteiger partial charge in [-0.15, -0.1) is 10.2 Å². The molecule has 0 bridgehead atoms. The molecule has 0 aliphatic heterocycles. The van der Waals surface area contributed by atoms with E-state index in [9.17, 15) is 8.42 Å². The van der Waals surface area contributed by atoms with Crippen LogP contribution in [0.15, 0.2) is 16.7 Å². The quantitative estimate of drug-likeness (QED) is 0.819. The van der Waals surface area contributed by atoms with Gasteiger partial charge in [0.2, 0.25) is 5.13 Å². The van der Waals surface area contributed by atoms with Crippen molar-refractivity contribution < 1.29 is 8.42 Å². The van der Waals surface area contributed by atoms with E-state index in [-0.39, 0.29) is 9.47 Å². The molecule has 17 heavy (non-hydrogen) atoms. The van der Waals surface area contributed by atoms with Crippen LogP contribution >= 0.6 is 11.3 Å². The Kier molecular flexibility index (Phi) is 2.98. The lowest BCUT2D eigenvalue weighted by molar-refractivity contribution is 0.599. The fraction of sp³-hybridized carbons (Fsp3) is 0.286. The standard InChI is InChI=1S/C7H10N6O2S2/c1-2-13-4-5(3-9-13)12-17(14,15)7-11-10-6(8)16-7/h3-4,12H,2H2,1H3,(H2,8,10). The van der Waals surface area contributed by atoms with Crippen LogP contribution in [0.25, 0.3) is 0 Å². The summed E-state index contributed by atoms with van der Waals surface area (Å²) in [6.07, 6.45) is 3.01. The van der Waals surface area contributed by atoms with Crippen molar-refractivity contribution in [3.05, 3.63) is 12.4 Å². The van der Waals surface area contributed by atoms with Crippen molar-refractivity contribution in [2.45, 2.75) is 17.8 Å². The van der Waals surface area contributed by atoms with Gasteiger partial charge in [0.1, 0.15) is 0 Å². The number of nitrogens with two attached hydrogens (primary N) is 1. The van der Waals surface area contributed by atoms with Gasteiger partial charge in [0.25, 0.3) is 14.4 Å². The fourth-order valence-corrected chi connectivity index (χ4v) is 2.93. The van der Waals surface area contributed by atoms with E-state index in [1.54, 1.807) is 10.9 Å². The second-order valence-electron chi connectivity index (χ2n) is 3.10. The Balaban J connectivity index is 2.23. The molecular formula is C7H10N6O2S2. The fourth-order valence-electron chi connectivity index (χ4n) is 1.12. The van der Waals surface area contributed by atoms with E-state index in [0.29, 0.717) is 12.2 Å². The maximum absolute atomic E-state index is 11.8. The van der Waals surface area contributed by atoms with Crippen molar-refractivity contribution in [1.82, 2.24) is 20.0 Å². The highest BCUT2D eigenvalue weighted by Gasteiger charge is 2.20. The number of nitrogen functional groups attached to an aromatic ring is 1. The third-order valence-electron chi connectivity index (χ3n) is 1.86. The second-order valence-corrected chi connectivity index (χ2v) is 5.96. The first-order valence-corrected chi connectivity index (χ1v) is 6.95. The molecule has 0 fully saturated rings. The summed E-state index contributed by atoms with van der Waals surface area (Å²) in [6, 6.07) is 0. The Labute approximate surface area is 102 Å². The van der Waals surface area contributed by atoms with Crippen molar-refractivity contribution in [2.24, 2.45) is 0 Å². The maximum Gasteiger partial charge on any atom is 0.291 e. The van der Waals surface area contributed by atoms with E-state index < -0.39 is 10.0 Å². The number of nitrogens with zero attached hydrogens (tertiary/aromatic N) is 4. The zero-order valence-corrected chi connectivity index (χ0v) is 10.5. The molecule has 92 valence electrons. The molecule has 2 rings (SSSR count). The number of rotatable bonds is 4. The SMILES string of the molecule is CCn1cc(NS(=O)(=O)c2nnc(N)s2)cn1. The Morgan fingerprint density at radius 1 is 1.53 bits per heavy atom. The monoisotopic (exact) mass is 274 g/mol. The van der Waals surface area contributed by atoms with E-state index in [0.717, 1.165) is 11.3 Å². The molecule has 2 aromatic heterocycles. The summed E-state index contributed by atoms with van der Waals surface area (Å²) in [5.41, 5.74) is 5.71. The van der Waals surface area contributed by atoms with Gasteiger partial charge in [-0.1, -0.05) is 11.3 Å². The van der Waals surface area contributed by atoms with Gasteiger partial charge in [-0.2, -0.15) is 13.5 Å². The molecule has 0 aliphatic carbocycles. The summed E-state index contributed by atoms with van der Waals surface area (Å²) >= 11 is 0.804. The predicted molar refractivity (Wildman–Crippen MR) is 63.0 cm³/mol. The van der Waals surface area contributed by atoms with Crippen molar-refractivity contribution in [1.29, 1.82) is 0 Å². The minimum absolute atomic E-state index is 0.106. The molecule has 2 heterocycles. The maximum atomic E-state index is 11.8. The largest absolute Gasteiger partial charge is 0.374 e. The highest BCUT2D eigenvalue weighted by Crippen LogP contribution is 2.19. The molecule has 8 nitrogen and oxygen atoms in total. The average Bonchev–Trinajstić information content (AvgIpc) is 2.86. The molecule has 0 spiro atoms. The zero-order valence-electron chi connectivity index (χ0n) is 8.86. The Bertz CT molecular complexity index is 616. The molecule has 0 atom stereocenters. The van der Waals surface area contributed by atoms with E-state index >= 15 is 0 Å². The summed E-state index contributed by atoms with van der Waals surface area (Å²) in [6.45, 7) is 2.56. The molecule has 0 unspecified atom stereocenters. The molecule has 10 heteroatoms. The van der Waals surface area contributed by atoms with Crippen LogP contribution in [-0.4, -0.2) is 28.4 Å². The third kappa shape index (κ3) is 2.53. The average molecular weight is 274 g/mol. The predicted octanol–water partition coefficient (Wildman–Crippen LogP) is 0.137.